The van der Waals surface area contributed by atoms with Crippen molar-refractivity contribution in [3.05, 3.63) is 70.5 Å². The molecule has 3 aromatic rings. The lowest BCUT2D eigenvalue weighted by Gasteiger charge is -2.24. The van der Waals surface area contributed by atoms with Gasteiger partial charge in [0, 0.05) is 18.3 Å². The number of ether oxygens (including phenoxy) is 3. The minimum Gasteiger partial charge on any atom is -0.464 e. The molecule has 1 aromatic carbocycles. The molecular formula is C22H25ClN6O6. The predicted molar refractivity (Wildman–Crippen MR) is 122 cm³/mol. The lowest BCUT2D eigenvalue weighted by Crippen LogP contribution is -2.34. The number of methoxy groups -OCH3 is 1. The van der Waals surface area contributed by atoms with Crippen LogP contribution in [0.1, 0.15) is 40.1 Å². The molecule has 13 heteroatoms. The van der Waals surface area contributed by atoms with E-state index in [1.165, 1.54) is 29.1 Å². The highest BCUT2D eigenvalue weighted by atomic mass is 35.5. The van der Waals surface area contributed by atoms with Gasteiger partial charge in [-0.3, -0.25) is 4.84 Å². The molecule has 3 atom stereocenters. The number of carbonyl (C=O) groups is 1. The zero-order valence-corrected chi connectivity index (χ0v) is 19.8. The Hall–Kier alpha value is -2.97. The fourth-order valence-corrected chi connectivity index (χ4v) is 3.62. The monoisotopic (exact) mass is 504 g/mol. The first-order valence-electron chi connectivity index (χ1n) is 10.7. The molecule has 0 saturated carbocycles. The Morgan fingerprint density at radius 3 is 2.86 bits per heavy atom. The van der Waals surface area contributed by atoms with Gasteiger partial charge in [0.1, 0.15) is 31.1 Å². The Kier molecular flexibility index (Phi) is 8.03. The third kappa shape index (κ3) is 5.65. The summed E-state index contributed by atoms with van der Waals surface area (Å²) >= 11 is 6.14. The maximum absolute atomic E-state index is 12.3. The van der Waals surface area contributed by atoms with E-state index in [-0.39, 0.29) is 42.2 Å². The maximum Gasteiger partial charge on any atom is 0.358 e. The summed E-state index contributed by atoms with van der Waals surface area (Å²) in [5, 5.41) is 16.8. The van der Waals surface area contributed by atoms with Crippen LogP contribution in [0.3, 0.4) is 0 Å². The van der Waals surface area contributed by atoms with E-state index in [4.69, 9.17) is 36.4 Å². The summed E-state index contributed by atoms with van der Waals surface area (Å²) in [7, 11) is 1.24. The topological polar surface area (TPSA) is 147 Å². The highest BCUT2D eigenvalue weighted by Gasteiger charge is 2.32. The fourth-order valence-electron chi connectivity index (χ4n) is 3.46. The number of aliphatic hydroxyl groups excluding tert-OH is 1. The number of aliphatic hydroxyl groups is 1. The van der Waals surface area contributed by atoms with Crippen LogP contribution in [0.25, 0.3) is 5.69 Å². The van der Waals surface area contributed by atoms with E-state index in [0.717, 1.165) is 5.56 Å². The smallest absolute Gasteiger partial charge is 0.358 e. The first-order chi connectivity index (χ1) is 16.9. The van der Waals surface area contributed by atoms with Crippen molar-refractivity contribution in [1.82, 2.24) is 24.8 Å². The molecule has 1 fully saturated rings. The van der Waals surface area contributed by atoms with Gasteiger partial charge in [-0.25, -0.2) is 19.4 Å². The molecule has 1 aliphatic heterocycles. The minimum atomic E-state index is -1.15. The van der Waals surface area contributed by atoms with E-state index in [1.54, 1.807) is 6.92 Å². The van der Waals surface area contributed by atoms with Gasteiger partial charge in [0.15, 0.2) is 11.5 Å². The second-order valence-corrected chi connectivity index (χ2v) is 8.02. The van der Waals surface area contributed by atoms with Gasteiger partial charge in [-0.15, -0.1) is 5.06 Å². The molecule has 0 aliphatic carbocycles. The second-order valence-electron chi connectivity index (χ2n) is 7.59. The van der Waals surface area contributed by atoms with Gasteiger partial charge >= 0.3 is 5.97 Å². The number of halogens is 1. The molecule has 4 rings (SSSR count). The van der Waals surface area contributed by atoms with E-state index >= 15 is 0 Å². The summed E-state index contributed by atoms with van der Waals surface area (Å²) in [5.74, 6) is -0.143. The van der Waals surface area contributed by atoms with Crippen LogP contribution in [0, 0.1) is 6.92 Å². The zero-order valence-electron chi connectivity index (χ0n) is 19.1. The molecule has 12 nitrogen and oxygen atoms in total. The molecule has 0 spiro atoms. The fraction of sp³-hybridized carbons (Fsp3) is 0.364. The number of hydrogen-bond donors (Lipinski definition) is 2. The van der Waals surface area contributed by atoms with Crippen molar-refractivity contribution in [1.29, 1.82) is 0 Å². The summed E-state index contributed by atoms with van der Waals surface area (Å²) in [6.07, 6.45) is -1.45. The molecule has 186 valence electrons. The summed E-state index contributed by atoms with van der Waals surface area (Å²) < 4.78 is 17.8. The summed E-state index contributed by atoms with van der Waals surface area (Å²) in [5.41, 5.74) is 6.78. The Balaban J connectivity index is 1.59. The number of aryl methyl sites for hydroxylation is 1. The number of nitrogens with zero attached hydrogens (tertiary/aromatic N) is 5. The molecule has 0 amide bonds. The van der Waals surface area contributed by atoms with Crippen molar-refractivity contribution in [3.8, 4) is 5.69 Å². The lowest BCUT2D eigenvalue weighted by atomic mass is 10.2. The normalized spacial score (nSPS) is 17.9. The van der Waals surface area contributed by atoms with Crippen LogP contribution in [0.15, 0.2) is 42.6 Å². The number of carbonyl (C=O) groups excluding carboxylic acids is 1. The SMILES string of the molecule is COC(=O)c1ncc(Cl)cc1-n1nc(C)nc1C(OCN1COC(c2ccccc2)O1)[C@@H](O)CN. The summed E-state index contributed by atoms with van der Waals surface area (Å²) in [4.78, 5) is 26.6. The van der Waals surface area contributed by atoms with Crippen LogP contribution in [0.4, 0.5) is 0 Å². The van der Waals surface area contributed by atoms with Gasteiger partial charge in [-0.2, -0.15) is 5.10 Å². The number of benzene rings is 1. The Bertz CT molecular complexity index is 1160. The summed E-state index contributed by atoms with van der Waals surface area (Å²) in [6.45, 7) is 1.60. The van der Waals surface area contributed by atoms with E-state index in [1.807, 2.05) is 30.3 Å². The van der Waals surface area contributed by atoms with Crippen molar-refractivity contribution in [2.24, 2.45) is 5.73 Å². The van der Waals surface area contributed by atoms with Crippen LogP contribution < -0.4 is 5.73 Å². The Morgan fingerprint density at radius 2 is 2.14 bits per heavy atom. The molecule has 2 unspecified atom stereocenters. The Labute approximate surface area is 206 Å². The summed E-state index contributed by atoms with van der Waals surface area (Å²) in [6, 6.07) is 10.9. The van der Waals surface area contributed by atoms with Crippen LogP contribution in [-0.4, -0.2) is 69.1 Å². The van der Waals surface area contributed by atoms with Crippen molar-refractivity contribution < 1.29 is 28.9 Å². The number of hydrogen-bond acceptors (Lipinski definition) is 11. The van der Waals surface area contributed by atoms with Gasteiger partial charge in [0.25, 0.3) is 0 Å². The van der Waals surface area contributed by atoms with Gasteiger partial charge in [-0.1, -0.05) is 41.9 Å². The number of hydroxylamine groups is 2. The highest BCUT2D eigenvalue weighted by Crippen LogP contribution is 2.29. The van der Waals surface area contributed by atoms with E-state index in [9.17, 15) is 9.90 Å². The quantitative estimate of drug-likeness (QED) is 0.410. The predicted octanol–water partition coefficient (Wildman–Crippen LogP) is 1.67. The van der Waals surface area contributed by atoms with Crippen LogP contribution in [-0.2, 0) is 19.0 Å². The van der Waals surface area contributed by atoms with E-state index in [0.29, 0.717) is 5.82 Å². The first-order valence-corrected chi connectivity index (χ1v) is 11.0. The maximum atomic E-state index is 12.3. The van der Waals surface area contributed by atoms with Gasteiger partial charge < -0.3 is 25.1 Å². The lowest BCUT2D eigenvalue weighted by molar-refractivity contribution is -0.221. The molecule has 0 bridgehead atoms. The number of pyridine rings is 1. The third-order valence-corrected chi connectivity index (χ3v) is 5.32. The van der Waals surface area contributed by atoms with Crippen LogP contribution in [0.2, 0.25) is 5.02 Å². The number of esters is 1. The van der Waals surface area contributed by atoms with Crippen LogP contribution in [0.5, 0.6) is 0 Å². The number of nitrogens with two attached hydrogens (primary N) is 1. The third-order valence-electron chi connectivity index (χ3n) is 5.11. The minimum absolute atomic E-state index is 0.0361. The van der Waals surface area contributed by atoms with E-state index in [2.05, 4.69) is 15.1 Å². The molecule has 2 aromatic heterocycles. The van der Waals surface area contributed by atoms with Crippen molar-refractivity contribution in [3.63, 3.8) is 0 Å². The average Bonchev–Trinajstić information content (AvgIpc) is 3.51. The van der Waals surface area contributed by atoms with Crippen molar-refractivity contribution >= 4 is 17.6 Å². The van der Waals surface area contributed by atoms with Gasteiger partial charge in [-0.05, 0) is 13.0 Å². The number of rotatable bonds is 9. The number of aromatic nitrogens is 4. The largest absolute Gasteiger partial charge is 0.464 e. The first kappa shape index (κ1) is 25.1. The van der Waals surface area contributed by atoms with Crippen LogP contribution >= 0.6 is 11.6 Å². The molecule has 3 N–H and O–H groups in total. The molecule has 0 radical (unpaired) electrons. The van der Waals surface area contributed by atoms with Crippen molar-refractivity contribution in [2.45, 2.75) is 25.4 Å². The molecule has 1 saturated heterocycles. The van der Waals surface area contributed by atoms with Crippen molar-refractivity contribution in [2.75, 3.05) is 27.1 Å². The van der Waals surface area contributed by atoms with Gasteiger partial charge in [0.2, 0.25) is 6.29 Å². The molecular weight excluding hydrogens is 480 g/mol. The Morgan fingerprint density at radius 1 is 1.37 bits per heavy atom. The average molecular weight is 505 g/mol. The van der Waals surface area contributed by atoms with Gasteiger partial charge in [0.05, 0.1) is 18.2 Å². The highest BCUT2D eigenvalue weighted by molar-refractivity contribution is 6.30. The second kappa shape index (κ2) is 11.2. The molecule has 1 aliphatic rings. The standard InChI is InChI=1S/C22H25ClN6O6/c1-13-26-20(29(27-13)16-8-15(23)10-25-18(16)21(31)32-2)19(17(30)9-24)33-11-28-12-34-22(35-28)14-6-4-3-5-7-14/h3-8,10,17,19,22,30H,9,11-12,24H2,1-2H3/t17-,19?,22?/m0/s1. The zero-order chi connectivity index (χ0) is 24.9. The molecule has 3 heterocycles. The van der Waals surface area contributed by atoms with E-state index < -0.39 is 24.5 Å². The molecule has 35 heavy (non-hydrogen) atoms.